The molecule has 0 spiro atoms. The average Bonchev–Trinajstić information content (AvgIpc) is 3.27. The monoisotopic (exact) mass is 367 g/mol. The minimum absolute atomic E-state index is 0.218. The van der Waals surface area contributed by atoms with E-state index in [0.29, 0.717) is 12.2 Å². The number of nitrogens with one attached hydrogen (secondary N) is 1. The number of amides is 1. The van der Waals surface area contributed by atoms with Crippen molar-refractivity contribution in [3.05, 3.63) is 64.7 Å². The molecule has 0 fully saturated rings. The van der Waals surface area contributed by atoms with Gasteiger partial charge < -0.3 is 10.1 Å². The van der Waals surface area contributed by atoms with Crippen LogP contribution in [-0.2, 0) is 19.8 Å². The molecule has 0 unspecified atom stereocenters. The summed E-state index contributed by atoms with van der Waals surface area (Å²) < 4.78 is 9.28. The summed E-state index contributed by atoms with van der Waals surface area (Å²) in [5, 5.41) is 11.6. The molecule has 7 nitrogen and oxygen atoms in total. The molecule has 0 radical (unpaired) electrons. The lowest BCUT2D eigenvalue weighted by Gasteiger charge is -2.09. The van der Waals surface area contributed by atoms with Crippen LogP contribution >= 0.6 is 0 Å². The van der Waals surface area contributed by atoms with Gasteiger partial charge in [0.25, 0.3) is 5.91 Å². The van der Waals surface area contributed by atoms with Gasteiger partial charge in [0.15, 0.2) is 6.73 Å². The maximum atomic E-state index is 12.3. The van der Waals surface area contributed by atoms with Crippen molar-refractivity contribution in [3.8, 4) is 5.75 Å². The van der Waals surface area contributed by atoms with Crippen LogP contribution in [0.3, 0.4) is 0 Å². The molecule has 2 heterocycles. The molecule has 2 aromatic heterocycles. The van der Waals surface area contributed by atoms with Crippen LogP contribution in [0.4, 0.5) is 0 Å². The summed E-state index contributed by atoms with van der Waals surface area (Å²) in [6.07, 6.45) is 3.69. The summed E-state index contributed by atoms with van der Waals surface area (Å²) in [4.78, 5) is 12.3. The fraction of sp³-hybridized carbons (Fsp3) is 0.350. The Labute approximate surface area is 159 Å². The first kappa shape index (κ1) is 18.7. The van der Waals surface area contributed by atoms with Crippen molar-refractivity contribution in [3.63, 3.8) is 0 Å². The lowest BCUT2D eigenvalue weighted by atomic mass is 10.1. The van der Waals surface area contributed by atoms with Gasteiger partial charge in [-0.15, -0.1) is 0 Å². The lowest BCUT2D eigenvalue weighted by Crippen LogP contribution is -2.23. The van der Waals surface area contributed by atoms with Gasteiger partial charge in [-0.2, -0.15) is 10.2 Å². The topological polar surface area (TPSA) is 74.0 Å². The summed E-state index contributed by atoms with van der Waals surface area (Å²) in [5.41, 5.74) is 4.49. The van der Waals surface area contributed by atoms with Crippen molar-refractivity contribution < 1.29 is 9.53 Å². The van der Waals surface area contributed by atoms with E-state index in [0.717, 1.165) is 34.7 Å². The van der Waals surface area contributed by atoms with E-state index in [-0.39, 0.29) is 12.6 Å². The second-order valence-electron chi connectivity index (χ2n) is 6.56. The molecule has 0 saturated heterocycles. The molecule has 1 amide bonds. The van der Waals surface area contributed by atoms with Crippen molar-refractivity contribution in [2.24, 2.45) is 0 Å². The van der Waals surface area contributed by atoms with Gasteiger partial charge >= 0.3 is 0 Å². The van der Waals surface area contributed by atoms with Gasteiger partial charge in [-0.05, 0) is 51.0 Å². The minimum Gasteiger partial charge on any atom is -0.471 e. The molecule has 0 aliphatic rings. The van der Waals surface area contributed by atoms with Crippen LogP contribution in [0.15, 0.2) is 36.7 Å². The predicted molar refractivity (Wildman–Crippen MR) is 103 cm³/mol. The van der Waals surface area contributed by atoms with Crippen LogP contribution in [0, 0.1) is 20.8 Å². The number of nitrogens with zero attached hydrogens (tertiary/aromatic N) is 4. The third-order valence-corrected chi connectivity index (χ3v) is 4.38. The first-order chi connectivity index (χ1) is 13.0. The second-order valence-corrected chi connectivity index (χ2v) is 6.56. The Morgan fingerprint density at radius 3 is 2.70 bits per heavy atom. The number of ether oxygens (including phenoxy) is 1. The third-order valence-electron chi connectivity index (χ3n) is 4.38. The molecule has 142 valence electrons. The van der Waals surface area contributed by atoms with Crippen LogP contribution in [0.2, 0.25) is 0 Å². The van der Waals surface area contributed by atoms with Gasteiger partial charge in [-0.1, -0.05) is 12.1 Å². The summed E-state index contributed by atoms with van der Waals surface area (Å²) in [6.45, 7) is 9.47. The van der Waals surface area contributed by atoms with Gasteiger partial charge in [-0.25, -0.2) is 4.68 Å². The lowest BCUT2D eigenvalue weighted by molar-refractivity contribution is 0.0944. The highest BCUT2D eigenvalue weighted by Crippen LogP contribution is 2.19. The molecule has 7 heteroatoms. The predicted octanol–water partition coefficient (Wildman–Crippen LogP) is 2.99. The van der Waals surface area contributed by atoms with Crippen LogP contribution in [0.25, 0.3) is 0 Å². The number of aromatic nitrogens is 4. The summed E-state index contributed by atoms with van der Waals surface area (Å²) in [6, 6.07) is 7.75. The van der Waals surface area contributed by atoms with E-state index < -0.39 is 0 Å². The van der Waals surface area contributed by atoms with Crippen LogP contribution in [0.5, 0.6) is 5.75 Å². The van der Waals surface area contributed by atoms with Crippen LogP contribution < -0.4 is 10.1 Å². The normalized spacial score (nSPS) is 10.8. The zero-order valence-corrected chi connectivity index (χ0v) is 16.2. The number of hydrogen-bond acceptors (Lipinski definition) is 4. The Morgan fingerprint density at radius 1 is 1.15 bits per heavy atom. The van der Waals surface area contributed by atoms with Gasteiger partial charge in [-0.3, -0.25) is 9.48 Å². The molecule has 1 N–H and O–H groups in total. The number of aryl methyl sites for hydroxylation is 4. The van der Waals surface area contributed by atoms with E-state index in [4.69, 9.17) is 4.74 Å². The quantitative estimate of drug-likeness (QED) is 0.697. The average molecular weight is 367 g/mol. The molecular formula is C20H25N5O2. The SMILES string of the molecule is CCn1cc(CNC(=O)c2ccn(COc3cc(C)ccc3C)n2)c(C)n1. The molecule has 27 heavy (non-hydrogen) atoms. The number of benzene rings is 1. The van der Waals surface area contributed by atoms with E-state index in [1.54, 1.807) is 16.9 Å². The Morgan fingerprint density at radius 2 is 1.96 bits per heavy atom. The van der Waals surface area contributed by atoms with E-state index in [2.05, 4.69) is 15.5 Å². The molecular weight excluding hydrogens is 342 g/mol. The first-order valence-corrected chi connectivity index (χ1v) is 9.01. The van der Waals surface area contributed by atoms with E-state index in [1.807, 2.05) is 56.8 Å². The van der Waals surface area contributed by atoms with Gasteiger partial charge in [0.05, 0.1) is 5.69 Å². The highest BCUT2D eigenvalue weighted by Gasteiger charge is 2.11. The Hall–Kier alpha value is -3.09. The van der Waals surface area contributed by atoms with Crippen molar-refractivity contribution >= 4 is 5.91 Å². The number of hydrogen-bond donors (Lipinski definition) is 1. The molecule has 0 aliphatic carbocycles. The largest absolute Gasteiger partial charge is 0.471 e. The van der Waals surface area contributed by atoms with E-state index in [9.17, 15) is 4.79 Å². The summed E-state index contributed by atoms with van der Waals surface area (Å²) in [5.74, 6) is 0.601. The maximum absolute atomic E-state index is 12.3. The number of rotatable bonds is 7. The Kier molecular flexibility index (Phi) is 5.59. The molecule has 1 aromatic carbocycles. The van der Waals surface area contributed by atoms with E-state index in [1.165, 1.54) is 0 Å². The van der Waals surface area contributed by atoms with Gasteiger partial charge in [0.1, 0.15) is 11.4 Å². The standard InChI is InChI=1S/C20H25N5O2/c1-5-24-12-17(16(4)22-24)11-21-20(26)18-8-9-25(23-18)13-27-19-10-14(2)6-7-15(19)3/h6-10,12H,5,11,13H2,1-4H3,(H,21,26). The number of carbonyl (C=O) groups is 1. The Balaban J connectivity index is 1.57. The molecule has 0 saturated carbocycles. The molecule has 0 aliphatic heterocycles. The van der Waals surface area contributed by atoms with E-state index >= 15 is 0 Å². The highest BCUT2D eigenvalue weighted by molar-refractivity contribution is 5.92. The zero-order chi connectivity index (χ0) is 19.4. The number of carbonyl (C=O) groups excluding carboxylic acids is 1. The van der Waals surface area contributed by atoms with Crippen LogP contribution in [0.1, 0.15) is 39.8 Å². The molecule has 0 atom stereocenters. The van der Waals surface area contributed by atoms with Gasteiger partial charge in [0, 0.05) is 31.0 Å². The Bertz CT molecular complexity index is 942. The fourth-order valence-electron chi connectivity index (χ4n) is 2.71. The summed E-state index contributed by atoms with van der Waals surface area (Å²) in [7, 11) is 0. The molecule has 0 bridgehead atoms. The zero-order valence-electron chi connectivity index (χ0n) is 16.2. The maximum Gasteiger partial charge on any atom is 0.272 e. The highest BCUT2D eigenvalue weighted by atomic mass is 16.5. The first-order valence-electron chi connectivity index (χ1n) is 9.01. The molecule has 3 rings (SSSR count). The summed E-state index contributed by atoms with van der Waals surface area (Å²) >= 11 is 0. The van der Waals surface area contributed by atoms with Gasteiger partial charge in [0.2, 0.25) is 0 Å². The minimum atomic E-state index is -0.218. The van der Waals surface area contributed by atoms with Crippen molar-refractivity contribution in [2.75, 3.05) is 0 Å². The molecule has 3 aromatic rings. The van der Waals surface area contributed by atoms with Crippen molar-refractivity contribution in [2.45, 2.75) is 47.5 Å². The van der Waals surface area contributed by atoms with Crippen LogP contribution in [-0.4, -0.2) is 25.5 Å². The second kappa shape index (κ2) is 8.07. The van der Waals surface area contributed by atoms with Crippen molar-refractivity contribution in [1.29, 1.82) is 0 Å². The third kappa shape index (κ3) is 4.55. The fourth-order valence-corrected chi connectivity index (χ4v) is 2.71. The van der Waals surface area contributed by atoms with Crippen molar-refractivity contribution in [1.82, 2.24) is 24.9 Å². The smallest absolute Gasteiger partial charge is 0.272 e.